The third-order valence-corrected chi connectivity index (χ3v) is 7.15. The molecule has 6 nitrogen and oxygen atoms in total. The van der Waals surface area contributed by atoms with Crippen molar-refractivity contribution in [2.24, 2.45) is 5.73 Å². The quantitative estimate of drug-likeness (QED) is 0.655. The highest BCUT2D eigenvalue weighted by Crippen LogP contribution is 2.30. The molecule has 0 spiro atoms. The van der Waals surface area contributed by atoms with Crippen molar-refractivity contribution in [3.8, 4) is 11.4 Å². The molecular formula is C22H20ClN3O3S. The van der Waals surface area contributed by atoms with Crippen LogP contribution in [0.4, 0.5) is 0 Å². The summed E-state index contributed by atoms with van der Waals surface area (Å²) in [5.74, 6) is 0.170. The Morgan fingerprint density at radius 3 is 2.50 bits per heavy atom. The number of carbonyl (C=O) groups excluding carboxylic acids is 1. The zero-order valence-corrected chi connectivity index (χ0v) is 17.7. The molecule has 0 bridgehead atoms. The molecule has 1 aliphatic rings. The van der Waals surface area contributed by atoms with Crippen molar-refractivity contribution >= 4 is 27.3 Å². The maximum absolute atomic E-state index is 12.8. The topological polar surface area (TPSA) is 103 Å². The lowest BCUT2D eigenvalue weighted by Gasteiger charge is -2.19. The fourth-order valence-electron chi connectivity index (χ4n) is 3.65. The summed E-state index contributed by atoms with van der Waals surface area (Å²) in [6.07, 6.45) is 1.64. The highest BCUT2D eigenvalue weighted by atomic mass is 35.5. The number of amides is 1. The van der Waals surface area contributed by atoms with Crippen LogP contribution in [0.25, 0.3) is 11.4 Å². The molecule has 0 radical (unpaired) electrons. The second kappa shape index (κ2) is 8.16. The molecule has 0 saturated heterocycles. The van der Waals surface area contributed by atoms with Crippen molar-refractivity contribution < 1.29 is 13.2 Å². The van der Waals surface area contributed by atoms with E-state index in [9.17, 15) is 13.2 Å². The Morgan fingerprint density at radius 2 is 1.80 bits per heavy atom. The van der Waals surface area contributed by atoms with Gasteiger partial charge in [0.2, 0.25) is 5.91 Å². The minimum absolute atomic E-state index is 0.102. The zero-order chi connectivity index (χ0) is 21.3. The number of primary amides is 1. The van der Waals surface area contributed by atoms with Gasteiger partial charge in [-0.2, -0.15) is 0 Å². The normalized spacial score (nSPS) is 14.8. The van der Waals surface area contributed by atoms with Crippen molar-refractivity contribution in [2.75, 3.05) is 5.75 Å². The zero-order valence-electron chi connectivity index (χ0n) is 16.1. The highest BCUT2D eigenvalue weighted by molar-refractivity contribution is 7.91. The minimum Gasteiger partial charge on any atom is -0.369 e. The third-order valence-electron chi connectivity index (χ3n) is 5.00. The van der Waals surface area contributed by atoms with E-state index in [4.69, 9.17) is 17.3 Å². The summed E-state index contributed by atoms with van der Waals surface area (Å²) >= 11 is 6.12. The van der Waals surface area contributed by atoms with E-state index in [1.165, 1.54) is 0 Å². The first-order valence-electron chi connectivity index (χ1n) is 9.56. The summed E-state index contributed by atoms with van der Waals surface area (Å²) in [7, 11) is -3.44. The van der Waals surface area contributed by atoms with E-state index in [1.54, 1.807) is 12.1 Å². The maximum Gasteiger partial charge on any atom is 0.221 e. The first kappa shape index (κ1) is 20.5. The molecule has 154 valence electrons. The number of nitrogens with two attached hydrogens (primary N) is 1. The number of sulfone groups is 1. The predicted molar refractivity (Wildman–Crippen MR) is 115 cm³/mol. The van der Waals surface area contributed by atoms with Gasteiger partial charge < -0.3 is 5.73 Å². The molecule has 0 aliphatic carbocycles. The number of halogens is 1. The van der Waals surface area contributed by atoms with Gasteiger partial charge in [-0.05, 0) is 36.1 Å². The number of benzene rings is 2. The van der Waals surface area contributed by atoms with E-state index in [-0.39, 0.29) is 17.1 Å². The van der Waals surface area contributed by atoms with Crippen LogP contribution in [0.2, 0.25) is 5.02 Å². The van der Waals surface area contributed by atoms with Crippen molar-refractivity contribution in [3.05, 3.63) is 76.1 Å². The van der Waals surface area contributed by atoms with E-state index < -0.39 is 15.7 Å². The third kappa shape index (κ3) is 4.37. The molecule has 8 heteroatoms. The molecule has 2 aromatic carbocycles. The van der Waals surface area contributed by atoms with Crippen LogP contribution in [-0.2, 0) is 33.9 Å². The molecule has 0 fully saturated rings. The smallest absolute Gasteiger partial charge is 0.221 e. The van der Waals surface area contributed by atoms with Gasteiger partial charge in [0.1, 0.15) is 4.90 Å². The Kier molecular flexibility index (Phi) is 5.58. The van der Waals surface area contributed by atoms with Gasteiger partial charge >= 0.3 is 0 Å². The Bertz CT molecular complexity index is 1220. The Hall–Kier alpha value is -2.77. The number of hydrogen-bond donors (Lipinski definition) is 1. The van der Waals surface area contributed by atoms with Gasteiger partial charge in [-0.25, -0.2) is 18.4 Å². The van der Waals surface area contributed by atoms with E-state index in [0.717, 1.165) is 16.7 Å². The largest absolute Gasteiger partial charge is 0.369 e. The minimum atomic E-state index is -3.44. The van der Waals surface area contributed by atoms with Crippen molar-refractivity contribution in [3.63, 3.8) is 0 Å². The predicted octanol–water partition coefficient (Wildman–Crippen LogP) is 3.14. The summed E-state index contributed by atoms with van der Waals surface area (Å²) in [4.78, 5) is 20.6. The van der Waals surface area contributed by atoms with Crippen LogP contribution in [0.5, 0.6) is 0 Å². The van der Waals surface area contributed by atoms with E-state index in [2.05, 4.69) is 9.97 Å². The maximum atomic E-state index is 12.8. The van der Waals surface area contributed by atoms with Gasteiger partial charge in [-0.1, -0.05) is 48.0 Å². The van der Waals surface area contributed by atoms with Gasteiger partial charge in [0.15, 0.2) is 15.7 Å². The van der Waals surface area contributed by atoms with E-state index in [1.807, 2.05) is 36.4 Å². The summed E-state index contributed by atoms with van der Waals surface area (Å²) in [6, 6.07) is 14.6. The van der Waals surface area contributed by atoms with E-state index >= 15 is 0 Å². The van der Waals surface area contributed by atoms with Gasteiger partial charge in [-0.3, -0.25) is 4.79 Å². The molecule has 30 heavy (non-hydrogen) atoms. The summed E-state index contributed by atoms with van der Waals surface area (Å²) in [5, 5.41) is 0.563. The summed E-state index contributed by atoms with van der Waals surface area (Å²) < 4.78 is 25.6. The average Bonchev–Trinajstić information content (AvgIpc) is 2.68. The van der Waals surface area contributed by atoms with Crippen LogP contribution >= 0.6 is 11.6 Å². The molecule has 0 saturated carbocycles. The highest BCUT2D eigenvalue weighted by Gasteiger charge is 2.30. The molecule has 0 atom stereocenters. The number of aryl methyl sites for hydroxylation is 1. The fraction of sp³-hybridized carbons (Fsp3) is 0.227. The molecule has 2 heterocycles. The van der Waals surface area contributed by atoms with Crippen LogP contribution < -0.4 is 5.73 Å². The van der Waals surface area contributed by atoms with Crippen LogP contribution in [-0.4, -0.2) is 30.0 Å². The Balaban J connectivity index is 1.79. The molecule has 1 aromatic heterocycles. The van der Waals surface area contributed by atoms with Crippen molar-refractivity contribution in [1.82, 2.24) is 9.97 Å². The monoisotopic (exact) mass is 441 g/mol. The lowest BCUT2D eigenvalue weighted by molar-refractivity contribution is -0.117. The van der Waals surface area contributed by atoms with Gasteiger partial charge in [-0.15, -0.1) is 0 Å². The van der Waals surface area contributed by atoms with Crippen LogP contribution in [0, 0.1) is 0 Å². The SMILES string of the molecule is NC(=O)Cc1ccc(Cc2nc(-c3cccc(Cl)c3)nc3c2S(=O)(=O)CCC3)cc1. The van der Waals surface area contributed by atoms with Crippen LogP contribution in [0.1, 0.15) is 28.9 Å². The fourth-order valence-corrected chi connectivity index (χ4v) is 5.56. The Morgan fingerprint density at radius 1 is 1.07 bits per heavy atom. The molecule has 0 unspecified atom stereocenters. The first-order valence-corrected chi connectivity index (χ1v) is 11.6. The van der Waals surface area contributed by atoms with Gasteiger partial charge in [0, 0.05) is 17.0 Å². The number of fused-ring (bicyclic) bond motifs is 1. The summed E-state index contributed by atoms with van der Waals surface area (Å²) in [5.41, 5.74) is 8.73. The second-order valence-electron chi connectivity index (χ2n) is 7.34. The molecule has 1 amide bonds. The Labute approximate surface area is 180 Å². The van der Waals surface area contributed by atoms with Crippen molar-refractivity contribution in [2.45, 2.75) is 30.6 Å². The average molecular weight is 442 g/mol. The molecular weight excluding hydrogens is 422 g/mol. The standard InChI is InChI=1S/C22H20ClN3O3S/c23-17-4-1-3-16(13-17)22-25-18-5-2-10-30(28,29)21(18)19(26-22)11-14-6-8-15(9-7-14)12-20(24)27/h1,3-4,6-9,13H,2,5,10-12H2,(H2,24,27). The first-order chi connectivity index (χ1) is 14.3. The lowest BCUT2D eigenvalue weighted by Crippen LogP contribution is -2.21. The second-order valence-corrected chi connectivity index (χ2v) is 9.82. The summed E-state index contributed by atoms with van der Waals surface area (Å²) in [6.45, 7) is 0. The molecule has 1 aliphatic heterocycles. The number of aromatic nitrogens is 2. The van der Waals surface area contributed by atoms with Crippen molar-refractivity contribution in [1.29, 1.82) is 0 Å². The van der Waals surface area contributed by atoms with Crippen LogP contribution in [0.3, 0.4) is 0 Å². The number of carbonyl (C=O) groups is 1. The van der Waals surface area contributed by atoms with Gasteiger partial charge in [0.25, 0.3) is 0 Å². The van der Waals surface area contributed by atoms with E-state index in [0.29, 0.717) is 41.5 Å². The number of hydrogen-bond acceptors (Lipinski definition) is 5. The van der Waals surface area contributed by atoms with Gasteiger partial charge in [0.05, 0.1) is 23.6 Å². The molecule has 4 rings (SSSR count). The number of rotatable bonds is 5. The van der Waals surface area contributed by atoms with Crippen LogP contribution in [0.15, 0.2) is 53.4 Å². The number of nitrogens with zero attached hydrogens (tertiary/aromatic N) is 2. The molecule has 3 aromatic rings. The molecule has 2 N–H and O–H groups in total. The lowest BCUT2D eigenvalue weighted by atomic mass is 10.0.